The van der Waals surface area contributed by atoms with E-state index in [-0.39, 0.29) is 11.5 Å². The summed E-state index contributed by atoms with van der Waals surface area (Å²) in [7, 11) is 0. The maximum Gasteiger partial charge on any atom is 0.264 e. The van der Waals surface area contributed by atoms with Crippen molar-refractivity contribution in [2.45, 2.75) is 34.2 Å². The van der Waals surface area contributed by atoms with Crippen molar-refractivity contribution in [1.82, 2.24) is 14.5 Å². The van der Waals surface area contributed by atoms with E-state index in [1.807, 2.05) is 39.8 Å². The minimum absolute atomic E-state index is 0.0434. The number of thiophene rings is 1. The van der Waals surface area contributed by atoms with E-state index >= 15 is 0 Å². The molecule has 3 rings (SSSR count). The first-order valence-electron chi connectivity index (χ1n) is 8.29. The van der Waals surface area contributed by atoms with Gasteiger partial charge in [-0.25, -0.2) is 4.98 Å². The molecule has 25 heavy (non-hydrogen) atoms. The summed E-state index contributed by atoms with van der Waals surface area (Å²) in [6.07, 6.45) is 1.52. The smallest absolute Gasteiger partial charge is 0.264 e. The van der Waals surface area contributed by atoms with Crippen molar-refractivity contribution in [1.29, 1.82) is 0 Å². The van der Waals surface area contributed by atoms with Gasteiger partial charge in [0.1, 0.15) is 16.4 Å². The van der Waals surface area contributed by atoms with Crippen molar-refractivity contribution < 1.29 is 9.21 Å². The first-order chi connectivity index (χ1) is 12.0. The van der Waals surface area contributed by atoms with Gasteiger partial charge in [0.25, 0.3) is 11.5 Å². The SMILES string of the molecule is CCN(CC)C(=O)c1sc2ncn(Cc3ccc(C)o3)c(=O)c2c1C. The second kappa shape index (κ2) is 6.84. The van der Waals surface area contributed by atoms with E-state index in [9.17, 15) is 9.59 Å². The number of hydrogen-bond donors (Lipinski definition) is 0. The van der Waals surface area contributed by atoms with Crippen LogP contribution in [0.15, 0.2) is 27.7 Å². The third kappa shape index (κ3) is 3.11. The normalized spacial score (nSPS) is 11.2. The highest BCUT2D eigenvalue weighted by molar-refractivity contribution is 7.20. The molecule has 0 aromatic carbocycles. The number of amides is 1. The van der Waals surface area contributed by atoms with Gasteiger partial charge in [-0.1, -0.05) is 0 Å². The zero-order chi connectivity index (χ0) is 18.1. The van der Waals surface area contributed by atoms with Crippen molar-refractivity contribution in [3.63, 3.8) is 0 Å². The Morgan fingerprint density at radius 1 is 1.28 bits per heavy atom. The van der Waals surface area contributed by atoms with Crippen LogP contribution in [0.4, 0.5) is 0 Å². The van der Waals surface area contributed by atoms with Crippen molar-refractivity contribution in [2.75, 3.05) is 13.1 Å². The summed E-state index contributed by atoms with van der Waals surface area (Å²) in [6, 6.07) is 3.71. The highest BCUT2D eigenvalue weighted by Gasteiger charge is 2.22. The van der Waals surface area contributed by atoms with E-state index in [1.54, 1.807) is 4.90 Å². The Kier molecular flexibility index (Phi) is 4.76. The highest BCUT2D eigenvalue weighted by Crippen LogP contribution is 2.28. The fourth-order valence-corrected chi connectivity index (χ4v) is 3.98. The van der Waals surface area contributed by atoms with Gasteiger partial charge in [-0.3, -0.25) is 14.2 Å². The van der Waals surface area contributed by atoms with Crippen molar-refractivity contribution in [3.05, 3.63) is 50.8 Å². The maximum absolute atomic E-state index is 12.9. The molecular formula is C18H21N3O3S. The van der Waals surface area contributed by atoms with Crippen molar-refractivity contribution in [3.8, 4) is 0 Å². The number of nitrogens with zero attached hydrogens (tertiary/aromatic N) is 3. The average molecular weight is 359 g/mol. The maximum atomic E-state index is 12.9. The molecule has 3 aromatic rings. The van der Waals surface area contributed by atoms with E-state index in [0.717, 1.165) is 5.76 Å². The Bertz CT molecular complexity index is 979. The number of aromatic nitrogens is 2. The van der Waals surface area contributed by atoms with Gasteiger partial charge in [0.2, 0.25) is 0 Å². The van der Waals surface area contributed by atoms with Gasteiger partial charge in [-0.2, -0.15) is 0 Å². The van der Waals surface area contributed by atoms with E-state index in [4.69, 9.17) is 4.42 Å². The van der Waals surface area contributed by atoms with Gasteiger partial charge in [0.05, 0.1) is 23.1 Å². The summed E-state index contributed by atoms with van der Waals surface area (Å²) in [6.45, 7) is 9.17. The number of aryl methyl sites for hydroxylation is 2. The average Bonchev–Trinajstić information content (AvgIpc) is 3.15. The molecular weight excluding hydrogens is 338 g/mol. The van der Waals surface area contributed by atoms with Gasteiger partial charge < -0.3 is 9.32 Å². The molecule has 0 aliphatic heterocycles. The molecule has 0 atom stereocenters. The van der Waals surface area contributed by atoms with E-state index in [0.29, 0.717) is 46.1 Å². The van der Waals surface area contributed by atoms with Crippen LogP contribution in [0.1, 0.15) is 40.6 Å². The van der Waals surface area contributed by atoms with Crippen molar-refractivity contribution in [2.24, 2.45) is 0 Å². The molecule has 3 aromatic heterocycles. The molecule has 0 aliphatic carbocycles. The third-order valence-corrected chi connectivity index (χ3v) is 5.47. The molecule has 0 fully saturated rings. The summed E-state index contributed by atoms with van der Waals surface area (Å²) < 4.78 is 7.06. The molecule has 0 radical (unpaired) electrons. The first kappa shape index (κ1) is 17.4. The van der Waals surface area contributed by atoms with Crippen LogP contribution >= 0.6 is 11.3 Å². The second-order valence-corrected chi connectivity index (χ2v) is 6.90. The molecule has 132 valence electrons. The van der Waals surface area contributed by atoms with Crippen LogP contribution in [0.25, 0.3) is 10.2 Å². The third-order valence-electron chi connectivity index (χ3n) is 4.28. The Hall–Kier alpha value is -2.41. The van der Waals surface area contributed by atoms with Crippen LogP contribution in [-0.2, 0) is 6.54 Å². The Labute approximate surface area is 149 Å². The molecule has 7 heteroatoms. The standard InChI is InChI=1S/C18H21N3O3S/c1-5-20(6-2)18(23)15-12(4)14-16(25-15)19-10-21(17(14)22)9-13-8-7-11(3)24-13/h7-8,10H,5-6,9H2,1-4H3. The fourth-order valence-electron chi connectivity index (χ4n) is 2.87. The molecule has 0 spiro atoms. The Morgan fingerprint density at radius 2 is 2.00 bits per heavy atom. The lowest BCUT2D eigenvalue weighted by atomic mass is 10.2. The predicted octanol–water partition coefficient (Wildman–Crippen LogP) is 3.20. The number of furan rings is 1. The number of rotatable bonds is 5. The van der Waals surface area contributed by atoms with Gasteiger partial charge in [-0.15, -0.1) is 11.3 Å². The monoisotopic (exact) mass is 359 g/mol. The molecule has 0 bridgehead atoms. The predicted molar refractivity (Wildman–Crippen MR) is 98.4 cm³/mol. The molecule has 1 amide bonds. The van der Waals surface area contributed by atoms with Crippen LogP contribution in [0.2, 0.25) is 0 Å². The van der Waals surface area contributed by atoms with Crippen LogP contribution in [0.3, 0.4) is 0 Å². The highest BCUT2D eigenvalue weighted by atomic mass is 32.1. The van der Waals surface area contributed by atoms with Gasteiger partial charge in [0, 0.05) is 13.1 Å². The minimum Gasteiger partial charge on any atom is -0.464 e. The van der Waals surface area contributed by atoms with Crippen LogP contribution in [0.5, 0.6) is 0 Å². The van der Waals surface area contributed by atoms with Crippen LogP contribution in [-0.4, -0.2) is 33.4 Å². The van der Waals surface area contributed by atoms with Gasteiger partial charge >= 0.3 is 0 Å². The van der Waals surface area contributed by atoms with E-state index in [2.05, 4.69) is 4.98 Å². The first-order valence-corrected chi connectivity index (χ1v) is 9.11. The number of carbonyl (C=O) groups is 1. The lowest BCUT2D eigenvalue weighted by molar-refractivity contribution is 0.0777. The number of hydrogen-bond acceptors (Lipinski definition) is 5. The largest absolute Gasteiger partial charge is 0.464 e. The summed E-state index contributed by atoms with van der Waals surface area (Å²) >= 11 is 1.29. The topological polar surface area (TPSA) is 68.3 Å². The molecule has 0 saturated carbocycles. The van der Waals surface area contributed by atoms with Gasteiger partial charge in [-0.05, 0) is 45.4 Å². The Balaban J connectivity index is 2.05. The molecule has 0 aliphatic rings. The zero-order valence-corrected chi connectivity index (χ0v) is 15.6. The molecule has 0 N–H and O–H groups in total. The summed E-state index contributed by atoms with van der Waals surface area (Å²) in [4.78, 5) is 32.9. The molecule has 0 unspecified atom stereocenters. The number of carbonyl (C=O) groups excluding carboxylic acids is 1. The summed E-state index contributed by atoms with van der Waals surface area (Å²) in [5.74, 6) is 1.46. The lowest BCUT2D eigenvalue weighted by Gasteiger charge is -2.17. The molecule has 3 heterocycles. The van der Waals surface area contributed by atoms with E-state index in [1.165, 1.54) is 22.2 Å². The van der Waals surface area contributed by atoms with Crippen molar-refractivity contribution >= 4 is 27.5 Å². The van der Waals surface area contributed by atoms with Crippen LogP contribution in [0, 0.1) is 13.8 Å². The Morgan fingerprint density at radius 3 is 2.60 bits per heavy atom. The molecule has 0 saturated heterocycles. The van der Waals surface area contributed by atoms with Gasteiger partial charge in [0.15, 0.2) is 0 Å². The minimum atomic E-state index is -0.147. The molecule has 6 nitrogen and oxygen atoms in total. The summed E-state index contributed by atoms with van der Waals surface area (Å²) in [5, 5.41) is 0.520. The van der Waals surface area contributed by atoms with E-state index < -0.39 is 0 Å². The fraction of sp³-hybridized carbons (Fsp3) is 0.389. The quantitative estimate of drug-likeness (QED) is 0.701. The van der Waals surface area contributed by atoms with Crippen LogP contribution < -0.4 is 5.56 Å². The second-order valence-electron chi connectivity index (χ2n) is 5.90. The lowest BCUT2D eigenvalue weighted by Crippen LogP contribution is -2.30. The summed E-state index contributed by atoms with van der Waals surface area (Å²) in [5.41, 5.74) is 0.561. The number of fused-ring (bicyclic) bond motifs is 1. The zero-order valence-electron chi connectivity index (χ0n) is 14.8.